The third-order valence-electron chi connectivity index (χ3n) is 5.20. The summed E-state index contributed by atoms with van der Waals surface area (Å²) in [7, 11) is -3.69. The molecular weight excluding hydrogens is 420 g/mol. The quantitative estimate of drug-likeness (QED) is 0.619. The van der Waals surface area contributed by atoms with Gasteiger partial charge in [0.25, 0.3) is 0 Å². The van der Waals surface area contributed by atoms with Crippen LogP contribution < -0.4 is 14.8 Å². The summed E-state index contributed by atoms with van der Waals surface area (Å²) in [5.74, 6) is 0.957. The van der Waals surface area contributed by atoms with Gasteiger partial charge >= 0.3 is 0 Å². The Bertz CT molecular complexity index is 1260. The van der Waals surface area contributed by atoms with Crippen molar-refractivity contribution in [3.63, 3.8) is 0 Å². The number of aromatic nitrogens is 1. The largest absolute Gasteiger partial charge is 0.454 e. The zero-order valence-corrected chi connectivity index (χ0v) is 18.2. The molecule has 0 bridgehead atoms. The maximum absolute atomic E-state index is 13.0. The standard InChI is InChI=1S/C22H22N2O6S/c1-13-4-5-16(22-14(2)15(3)24-30-22)10-20(13)31(26,27)9-8-21(25)23-17-6-7-18-19(11-17)29-12-28-18/h4-7,10-11H,8-9,12H2,1-3H3,(H,23,25). The van der Waals surface area contributed by atoms with Gasteiger partial charge in [-0.25, -0.2) is 8.42 Å². The van der Waals surface area contributed by atoms with E-state index >= 15 is 0 Å². The Kier molecular flexibility index (Phi) is 5.45. The molecule has 0 aliphatic carbocycles. The van der Waals surface area contributed by atoms with Gasteiger partial charge in [0.1, 0.15) is 0 Å². The molecule has 0 unspecified atom stereocenters. The molecule has 31 heavy (non-hydrogen) atoms. The summed E-state index contributed by atoms with van der Waals surface area (Å²) in [6.45, 7) is 5.56. The lowest BCUT2D eigenvalue weighted by atomic mass is 10.1. The Hall–Kier alpha value is -3.33. The summed E-state index contributed by atoms with van der Waals surface area (Å²) >= 11 is 0. The third-order valence-corrected chi connectivity index (χ3v) is 7.05. The molecule has 0 saturated heterocycles. The van der Waals surface area contributed by atoms with Crippen LogP contribution in [0.25, 0.3) is 11.3 Å². The summed E-state index contributed by atoms with van der Waals surface area (Å²) in [4.78, 5) is 12.5. The zero-order chi connectivity index (χ0) is 22.2. The number of anilines is 1. The van der Waals surface area contributed by atoms with Crippen molar-refractivity contribution in [2.75, 3.05) is 17.9 Å². The van der Waals surface area contributed by atoms with Crippen molar-refractivity contribution in [2.45, 2.75) is 32.1 Å². The first-order valence-corrected chi connectivity index (χ1v) is 11.4. The van der Waals surface area contributed by atoms with Gasteiger partial charge in [-0.15, -0.1) is 0 Å². The highest BCUT2D eigenvalue weighted by Crippen LogP contribution is 2.34. The van der Waals surface area contributed by atoms with Gasteiger partial charge in [0.05, 0.1) is 16.3 Å². The minimum absolute atomic E-state index is 0.135. The lowest BCUT2D eigenvalue weighted by Gasteiger charge is -2.10. The molecule has 3 aromatic rings. The van der Waals surface area contributed by atoms with E-state index in [-0.39, 0.29) is 23.9 Å². The molecule has 8 nitrogen and oxygen atoms in total. The number of rotatable bonds is 6. The van der Waals surface area contributed by atoms with E-state index in [9.17, 15) is 13.2 Å². The number of nitrogens with one attached hydrogen (secondary N) is 1. The number of ether oxygens (including phenoxy) is 2. The van der Waals surface area contributed by atoms with Gasteiger partial charge in [0, 0.05) is 29.3 Å². The van der Waals surface area contributed by atoms with Crippen LogP contribution in [0.15, 0.2) is 45.8 Å². The van der Waals surface area contributed by atoms with Crippen LogP contribution in [0, 0.1) is 20.8 Å². The predicted octanol–water partition coefficient (Wildman–Crippen LogP) is 3.80. The minimum Gasteiger partial charge on any atom is -0.454 e. The molecule has 4 rings (SSSR count). The van der Waals surface area contributed by atoms with Crippen LogP contribution in [0.4, 0.5) is 5.69 Å². The number of hydrogen-bond donors (Lipinski definition) is 1. The maximum atomic E-state index is 13.0. The fourth-order valence-electron chi connectivity index (χ4n) is 3.30. The van der Waals surface area contributed by atoms with Gasteiger partial charge in [-0.05, 0) is 44.5 Å². The number of fused-ring (bicyclic) bond motifs is 1. The normalized spacial score (nSPS) is 12.7. The highest BCUT2D eigenvalue weighted by atomic mass is 32.2. The molecule has 0 atom stereocenters. The van der Waals surface area contributed by atoms with Crippen LogP contribution in [-0.2, 0) is 14.6 Å². The lowest BCUT2D eigenvalue weighted by molar-refractivity contribution is -0.115. The van der Waals surface area contributed by atoms with Crippen LogP contribution >= 0.6 is 0 Å². The second-order valence-electron chi connectivity index (χ2n) is 7.39. The van der Waals surface area contributed by atoms with Crippen LogP contribution in [0.1, 0.15) is 23.2 Å². The van der Waals surface area contributed by atoms with E-state index in [1.165, 1.54) is 0 Å². The van der Waals surface area contributed by atoms with Gasteiger partial charge < -0.3 is 19.3 Å². The van der Waals surface area contributed by atoms with Gasteiger partial charge in [-0.2, -0.15) is 0 Å². The molecule has 1 aliphatic rings. The SMILES string of the molecule is Cc1ccc(-c2onc(C)c2C)cc1S(=O)(=O)CCC(=O)Nc1ccc2c(c1)OCO2. The first kappa shape index (κ1) is 20.9. The second-order valence-corrected chi connectivity index (χ2v) is 9.47. The summed E-state index contributed by atoms with van der Waals surface area (Å²) in [5.41, 5.74) is 3.36. The average molecular weight is 442 g/mol. The van der Waals surface area contributed by atoms with Gasteiger partial charge in [-0.1, -0.05) is 17.3 Å². The van der Waals surface area contributed by atoms with Crippen LogP contribution in [0.5, 0.6) is 11.5 Å². The number of aryl methyl sites for hydroxylation is 2. The van der Waals surface area contributed by atoms with E-state index in [4.69, 9.17) is 14.0 Å². The van der Waals surface area contributed by atoms with Gasteiger partial charge in [0.15, 0.2) is 27.1 Å². The first-order chi connectivity index (χ1) is 14.7. The molecule has 1 aromatic heterocycles. The number of hydrogen-bond acceptors (Lipinski definition) is 7. The Morgan fingerprint density at radius 2 is 1.84 bits per heavy atom. The van der Waals surface area contributed by atoms with E-state index in [2.05, 4.69) is 10.5 Å². The predicted molar refractivity (Wildman–Crippen MR) is 114 cm³/mol. The molecule has 0 saturated carbocycles. The number of benzene rings is 2. The molecule has 1 N–H and O–H groups in total. The van der Waals surface area contributed by atoms with E-state index < -0.39 is 15.7 Å². The van der Waals surface area contributed by atoms with Crippen LogP contribution in [0.3, 0.4) is 0 Å². The molecule has 9 heteroatoms. The molecule has 2 heterocycles. The van der Waals surface area contributed by atoms with Crippen molar-refractivity contribution >= 4 is 21.4 Å². The molecule has 2 aromatic carbocycles. The maximum Gasteiger partial charge on any atom is 0.231 e. The highest BCUT2D eigenvalue weighted by Gasteiger charge is 2.22. The number of nitrogens with zero attached hydrogens (tertiary/aromatic N) is 1. The molecule has 1 aliphatic heterocycles. The zero-order valence-electron chi connectivity index (χ0n) is 17.4. The Labute approximate surface area is 180 Å². The van der Waals surface area contributed by atoms with Gasteiger partial charge in [-0.3, -0.25) is 4.79 Å². The number of carbonyl (C=O) groups excluding carboxylic acids is 1. The summed E-state index contributed by atoms with van der Waals surface area (Å²) < 4.78 is 41.8. The van der Waals surface area contributed by atoms with E-state index in [0.717, 1.165) is 11.3 Å². The van der Waals surface area contributed by atoms with Crippen molar-refractivity contribution in [1.82, 2.24) is 5.16 Å². The van der Waals surface area contributed by atoms with Crippen LogP contribution in [0.2, 0.25) is 0 Å². The second kappa shape index (κ2) is 8.07. The van der Waals surface area contributed by atoms with E-state index in [1.807, 2.05) is 13.8 Å². The number of sulfone groups is 1. The average Bonchev–Trinajstić information content (AvgIpc) is 3.33. The third kappa shape index (κ3) is 4.27. The molecule has 0 spiro atoms. The number of carbonyl (C=O) groups is 1. The van der Waals surface area contributed by atoms with Crippen molar-refractivity contribution in [3.05, 3.63) is 53.2 Å². The smallest absolute Gasteiger partial charge is 0.231 e. The van der Waals surface area contributed by atoms with Crippen molar-refractivity contribution in [3.8, 4) is 22.8 Å². The summed E-state index contributed by atoms with van der Waals surface area (Å²) in [6.07, 6.45) is -0.180. The molecule has 1 amide bonds. The van der Waals surface area contributed by atoms with E-state index in [0.29, 0.717) is 34.1 Å². The summed E-state index contributed by atoms with van der Waals surface area (Å²) in [6, 6.07) is 10.1. The summed E-state index contributed by atoms with van der Waals surface area (Å²) in [5, 5.41) is 6.63. The monoisotopic (exact) mass is 442 g/mol. The molecule has 0 fully saturated rings. The Balaban J connectivity index is 1.48. The van der Waals surface area contributed by atoms with E-state index in [1.54, 1.807) is 43.3 Å². The van der Waals surface area contributed by atoms with Crippen molar-refractivity contribution < 1.29 is 27.2 Å². The van der Waals surface area contributed by atoms with Crippen LogP contribution in [-0.4, -0.2) is 32.0 Å². The Morgan fingerprint density at radius 3 is 2.58 bits per heavy atom. The minimum atomic E-state index is -3.69. The molecule has 162 valence electrons. The number of amides is 1. The highest BCUT2D eigenvalue weighted by molar-refractivity contribution is 7.91. The fraction of sp³-hybridized carbons (Fsp3) is 0.273. The molecule has 0 radical (unpaired) electrons. The van der Waals surface area contributed by atoms with Crippen molar-refractivity contribution in [2.24, 2.45) is 0 Å². The topological polar surface area (TPSA) is 108 Å². The van der Waals surface area contributed by atoms with Gasteiger partial charge in [0.2, 0.25) is 12.7 Å². The fourth-order valence-corrected chi connectivity index (χ4v) is 4.83. The van der Waals surface area contributed by atoms with Crippen molar-refractivity contribution in [1.29, 1.82) is 0 Å². The Morgan fingerprint density at radius 1 is 1.06 bits per heavy atom. The lowest BCUT2D eigenvalue weighted by Crippen LogP contribution is -2.18. The molecular formula is C22H22N2O6S. The first-order valence-electron chi connectivity index (χ1n) is 9.71.